The van der Waals surface area contributed by atoms with E-state index in [4.69, 9.17) is 4.74 Å². The Morgan fingerprint density at radius 1 is 1.24 bits per heavy atom. The topological polar surface area (TPSA) is 128 Å². The Kier molecular flexibility index (Phi) is 5.31. The highest BCUT2D eigenvalue weighted by molar-refractivity contribution is 7.89. The van der Waals surface area contributed by atoms with E-state index in [-0.39, 0.29) is 30.5 Å². The van der Waals surface area contributed by atoms with Gasteiger partial charge in [0.15, 0.2) is 6.61 Å². The highest BCUT2D eigenvalue weighted by Crippen LogP contribution is 2.31. The highest BCUT2D eigenvalue weighted by Gasteiger charge is 2.36. The summed E-state index contributed by atoms with van der Waals surface area (Å²) >= 11 is 0. The number of fused-ring (bicyclic) bond motifs is 2. The standard InChI is InChI=1S/C20H18F2N6O5S/c21-17(22)10-27-8-13(5-23-27)34(31,32)28-7-12-6-26(9-15(12)25-28)20(30)19-14-3-1-2-4-16(14)33-11-18(29)24-19/h1-5,7-8,17,19H,6,9-11H2,(H,24,29)/t19-/m0/s1. The van der Waals surface area contributed by atoms with Gasteiger partial charge in [0.1, 0.15) is 23.2 Å². The summed E-state index contributed by atoms with van der Waals surface area (Å²) in [6.07, 6.45) is 0.599. The third kappa shape index (κ3) is 3.89. The number of hydrogen-bond donors (Lipinski definition) is 1. The molecule has 1 atom stereocenters. The summed E-state index contributed by atoms with van der Waals surface area (Å²) < 4.78 is 57.8. The van der Waals surface area contributed by atoms with E-state index in [9.17, 15) is 26.8 Å². The van der Waals surface area contributed by atoms with Gasteiger partial charge < -0.3 is 15.0 Å². The molecule has 11 nitrogen and oxygen atoms in total. The van der Waals surface area contributed by atoms with Gasteiger partial charge in [-0.2, -0.15) is 22.7 Å². The second-order valence-electron chi connectivity index (χ2n) is 7.79. The molecular weight excluding hydrogens is 474 g/mol. The van der Waals surface area contributed by atoms with Crippen LogP contribution >= 0.6 is 0 Å². The molecule has 14 heteroatoms. The van der Waals surface area contributed by atoms with Crippen molar-refractivity contribution in [3.8, 4) is 5.75 Å². The molecule has 4 heterocycles. The minimum Gasteiger partial charge on any atom is -0.483 e. The first kappa shape index (κ1) is 22.0. The monoisotopic (exact) mass is 492 g/mol. The molecule has 2 amide bonds. The minimum absolute atomic E-state index is 0.0384. The van der Waals surface area contributed by atoms with E-state index in [0.717, 1.165) is 21.2 Å². The van der Waals surface area contributed by atoms with Crippen molar-refractivity contribution in [3.63, 3.8) is 0 Å². The van der Waals surface area contributed by atoms with Crippen molar-refractivity contribution in [2.24, 2.45) is 0 Å². The van der Waals surface area contributed by atoms with E-state index in [2.05, 4.69) is 15.5 Å². The lowest BCUT2D eigenvalue weighted by atomic mass is 10.0. The Labute approximate surface area is 192 Å². The number of carbonyl (C=O) groups excluding carboxylic acids is 2. The maximum absolute atomic E-state index is 13.3. The number of rotatable bonds is 5. The largest absolute Gasteiger partial charge is 0.483 e. The predicted octanol–water partition coefficient (Wildman–Crippen LogP) is 0.674. The Morgan fingerprint density at radius 3 is 2.79 bits per heavy atom. The molecule has 0 saturated heterocycles. The second kappa shape index (κ2) is 8.20. The molecule has 0 unspecified atom stereocenters. The zero-order valence-corrected chi connectivity index (χ0v) is 18.3. The molecular formula is C20H18F2N6O5S. The van der Waals surface area contributed by atoms with Crippen molar-refractivity contribution in [2.45, 2.75) is 37.0 Å². The van der Waals surface area contributed by atoms with Gasteiger partial charge in [0.2, 0.25) is 0 Å². The number of para-hydroxylation sites is 1. The molecule has 1 N–H and O–H groups in total. The van der Waals surface area contributed by atoms with Crippen molar-refractivity contribution >= 4 is 21.8 Å². The Morgan fingerprint density at radius 2 is 2.03 bits per heavy atom. The van der Waals surface area contributed by atoms with Gasteiger partial charge in [-0.3, -0.25) is 14.3 Å². The summed E-state index contributed by atoms with van der Waals surface area (Å²) in [7, 11) is -4.14. The molecule has 5 rings (SSSR count). The van der Waals surface area contributed by atoms with Crippen LogP contribution in [0.5, 0.6) is 5.75 Å². The molecule has 1 aromatic carbocycles. The molecule has 0 aliphatic carbocycles. The zero-order valence-electron chi connectivity index (χ0n) is 17.5. The van der Waals surface area contributed by atoms with Crippen LogP contribution in [-0.4, -0.2) is 57.1 Å². The van der Waals surface area contributed by atoms with Gasteiger partial charge in [-0.05, 0) is 6.07 Å². The molecule has 2 aliphatic heterocycles. The van der Waals surface area contributed by atoms with E-state index in [1.54, 1.807) is 24.3 Å². The molecule has 3 aromatic rings. The van der Waals surface area contributed by atoms with Crippen molar-refractivity contribution < 1.29 is 31.5 Å². The summed E-state index contributed by atoms with van der Waals surface area (Å²) in [5, 5.41) is 10.4. The normalized spacial score (nSPS) is 17.7. The van der Waals surface area contributed by atoms with Gasteiger partial charge in [-0.1, -0.05) is 18.2 Å². The minimum atomic E-state index is -4.14. The number of nitrogens with zero attached hydrogens (tertiary/aromatic N) is 5. The Hall–Kier alpha value is -3.81. The van der Waals surface area contributed by atoms with Gasteiger partial charge >= 0.3 is 0 Å². The van der Waals surface area contributed by atoms with E-state index >= 15 is 0 Å². The number of amides is 2. The molecule has 34 heavy (non-hydrogen) atoms. The number of aromatic nitrogens is 4. The van der Waals surface area contributed by atoms with E-state index in [1.807, 2.05) is 0 Å². The number of carbonyl (C=O) groups is 2. The fraction of sp³-hybridized carbons (Fsp3) is 0.300. The van der Waals surface area contributed by atoms with Crippen molar-refractivity contribution in [1.82, 2.24) is 29.2 Å². The van der Waals surface area contributed by atoms with Crippen LogP contribution < -0.4 is 10.1 Å². The van der Waals surface area contributed by atoms with Crippen LogP contribution in [0.1, 0.15) is 22.9 Å². The van der Waals surface area contributed by atoms with Crippen molar-refractivity contribution in [3.05, 3.63) is 59.7 Å². The Bertz CT molecular complexity index is 1360. The fourth-order valence-electron chi connectivity index (χ4n) is 3.88. The smallest absolute Gasteiger partial charge is 0.286 e. The number of halogens is 2. The first-order valence-electron chi connectivity index (χ1n) is 10.2. The van der Waals surface area contributed by atoms with Crippen molar-refractivity contribution in [1.29, 1.82) is 0 Å². The summed E-state index contributed by atoms with van der Waals surface area (Å²) in [6, 6.07) is 5.89. The van der Waals surface area contributed by atoms with E-state index in [1.165, 1.54) is 11.1 Å². The average Bonchev–Trinajstić information content (AvgIpc) is 3.48. The van der Waals surface area contributed by atoms with Gasteiger partial charge in [-0.15, -0.1) is 0 Å². The average molecular weight is 492 g/mol. The number of hydrogen-bond acceptors (Lipinski definition) is 7. The molecule has 0 saturated carbocycles. The van der Waals surface area contributed by atoms with Gasteiger partial charge in [0.05, 0.1) is 18.4 Å². The SMILES string of the molecule is O=C1COc2ccccc2[C@@H](C(=O)N2Cc3cn(S(=O)(=O)c4cnn(CC(F)F)c4)nc3C2)N1. The van der Waals surface area contributed by atoms with Gasteiger partial charge in [-0.25, -0.2) is 8.78 Å². The third-order valence-electron chi connectivity index (χ3n) is 5.49. The molecule has 0 fully saturated rings. The van der Waals surface area contributed by atoms with Crippen LogP contribution in [0.3, 0.4) is 0 Å². The van der Waals surface area contributed by atoms with Crippen LogP contribution in [0, 0.1) is 0 Å². The summed E-state index contributed by atoms with van der Waals surface area (Å²) in [6.45, 7) is -0.812. The molecule has 178 valence electrons. The fourth-order valence-corrected chi connectivity index (χ4v) is 5.01. The number of nitrogens with one attached hydrogen (secondary N) is 1. The zero-order chi connectivity index (χ0) is 24.0. The van der Waals surface area contributed by atoms with Crippen LogP contribution in [0.15, 0.2) is 47.8 Å². The van der Waals surface area contributed by atoms with E-state index < -0.39 is 34.9 Å². The lowest BCUT2D eigenvalue weighted by Gasteiger charge is -2.23. The molecule has 0 radical (unpaired) electrons. The van der Waals surface area contributed by atoms with Crippen LogP contribution in [0.4, 0.5) is 8.78 Å². The van der Waals surface area contributed by atoms with Crippen LogP contribution in [0.25, 0.3) is 0 Å². The number of ether oxygens (including phenoxy) is 1. The quantitative estimate of drug-likeness (QED) is 0.555. The van der Waals surface area contributed by atoms with Crippen molar-refractivity contribution in [2.75, 3.05) is 6.61 Å². The summed E-state index contributed by atoms with van der Waals surface area (Å²) in [4.78, 5) is 26.5. The first-order chi connectivity index (χ1) is 16.2. The van der Waals surface area contributed by atoms with Crippen LogP contribution in [0.2, 0.25) is 0 Å². The highest BCUT2D eigenvalue weighted by atomic mass is 32.2. The molecule has 0 spiro atoms. The first-order valence-corrected chi connectivity index (χ1v) is 11.6. The maximum Gasteiger partial charge on any atom is 0.286 e. The van der Waals surface area contributed by atoms with E-state index in [0.29, 0.717) is 22.6 Å². The number of benzene rings is 1. The molecule has 0 bridgehead atoms. The lowest BCUT2D eigenvalue weighted by Crippen LogP contribution is -2.41. The van der Waals surface area contributed by atoms with Crippen LogP contribution in [-0.2, 0) is 39.2 Å². The third-order valence-corrected chi connectivity index (χ3v) is 6.98. The van der Waals surface area contributed by atoms with Gasteiger partial charge in [0, 0.05) is 30.1 Å². The molecule has 2 aromatic heterocycles. The summed E-state index contributed by atoms with van der Waals surface area (Å²) in [5.41, 5.74) is 1.42. The Balaban J connectivity index is 1.35. The van der Waals surface area contributed by atoms with Gasteiger partial charge in [0.25, 0.3) is 28.3 Å². The number of alkyl halides is 2. The summed E-state index contributed by atoms with van der Waals surface area (Å²) in [5.74, 6) is -0.387. The molecule has 2 aliphatic rings. The lowest BCUT2D eigenvalue weighted by molar-refractivity contribution is -0.137. The second-order valence-corrected chi connectivity index (χ2v) is 9.58. The maximum atomic E-state index is 13.3. The predicted molar refractivity (Wildman–Crippen MR) is 110 cm³/mol.